The smallest absolute Gasteiger partial charge is 0.256 e. The molecule has 0 bridgehead atoms. The van der Waals surface area contributed by atoms with Crippen LogP contribution in [0.3, 0.4) is 0 Å². The van der Waals surface area contributed by atoms with Crippen LogP contribution in [-0.4, -0.2) is 50.8 Å². The summed E-state index contributed by atoms with van der Waals surface area (Å²) in [5.74, 6) is 0.957. The normalized spacial score (nSPS) is 20.1. The minimum Gasteiger partial charge on any atom is -0.497 e. The fourth-order valence-electron chi connectivity index (χ4n) is 4.26. The standard InChI is InChI=1S/C23H28N2O3/c1-27-19-8-6-7-18(17-19)21-10-4-5-12-25(21)23(26)20-9-2-3-11-22(20)24-13-15-28-16-14-24/h2-3,6-9,11,17,21H,4-5,10,12-16H2,1H3. The summed E-state index contributed by atoms with van der Waals surface area (Å²) in [4.78, 5) is 18.0. The molecule has 1 atom stereocenters. The third kappa shape index (κ3) is 3.85. The minimum atomic E-state index is 0.0918. The van der Waals surface area contributed by atoms with E-state index in [9.17, 15) is 4.79 Å². The molecule has 2 aromatic rings. The highest BCUT2D eigenvalue weighted by molar-refractivity contribution is 6.00. The van der Waals surface area contributed by atoms with Gasteiger partial charge in [-0.2, -0.15) is 0 Å². The van der Waals surface area contributed by atoms with E-state index >= 15 is 0 Å². The van der Waals surface area contributed by atoms with Crippen molar-refractivity contribution in [2.75, 3.05) is 44.9 Å². The Labute approximate surface area is 166 Å². The van der Waals surface area contributed by atoms with E-state index in [1.807, 2.05) is 30.3 Å². The van der Waals surface area contributed by atoms with Gasteiger partial charge in [0.25, 0.3) is 5.91 Å². The SMILES string of the molecule is COc1cccc(C2CCCCN2C(=O)c2ccccc2N2CCOCC2)c1. The van der Waals surface area contributed by atoms with Gasteiger partial charge in [-0.05, 0) is 49.1 Å². The van der Waals surface area contributed by atoms with Gasteiger partial charge in [0.15, 0.2) is 0 Å². The highest BCUT2D eigenvalue weighted by Crippen LogP contribution is 2.35. The lowest BCUT2D eigenvalue weighted by Crippen LogP contribution is -2.41. The lowest BCUT2D eigenvalue weighted by Gasteiger charge is -2.37. The number of piperidine rings is 1. The van der Waals surface area contributed by atoms with E-state index in [1.54, 1.807) is 7.11 Å². The Morgan fingerprint density at radius 3 is 2.68 bits per heavy atom. The minimum absolute atomic E-state index is 0.0918. The zero-order chi connectivity index (χ0) is 19.3. The van der Waals surface area contributed by atoms with Crippen molar-refractivity contribution in [1.29, 1.82) is 0 Å². The van der Waals surface area contributed by atoms with Crippen molar-refractivity contribution < 1.29 is 14.3 Å². The number of nitrogens with zero attached hydrogens (tertiary/aromatic N) is 2. The molecule has 4 rings (SSSR count). The molecule has 0 aromatic heterocycles. The fourth-order valence-corrected chi connectivity index (χ4v) is 4.26. The lowest BCUT2D eigenvalue weighted by atomic mass is 9.94. The van der Waals surface area contributed by atoms with Gasteiger partial charge in [0.05, 0.1) is 31.9 Å². The Bertz CT molecular complexity index is 817. The van der Waals surface area contributed by atoms with Gasteiger partial charge in [-0.15, -0.1) is 0 Å². The van der Waals surface area contributed by atoms with Gasteiger partial charge >= 0.3 is 0 Å². The van der Waals surface area contributed by atoms with Crippen molar-refractivity contribution >= 4 is 11.6 Å². The molecule has 0 saturated carbocycles. The third-order valence-corrected chi connectivity index (χ3v) is 5.73. The molecule has 2 saturated heterocycles. The quantitative estimate of drug-likeness (QED) is 0.807. The number of hydrogen-bond acceptors (Lipinski definition) is 4. The van der Waals surface area contributed by atoms with E-state index in [-0.39, 0.29) is 11.9 Å². The Kier molecular flexibility index (Phi) is 5.81. The first-order chi connectivity index (χ1) is 13.8. The number of likely N-dealkylation sites (tertiary alicyclic amines) is 1. The highest BCUT2D eigenvalue weighted by Gasteiger charge is 2.31. The van der Waals surface area contributed by atoms with Crippen molar-refractivity contribution in [2.45, 2.75) is 25.3 Å². The van der Waals surface area contributed by atoms with E-state index in [1.165, 1.54) is 0 Å². The first-order valence-electron chi connectivity index (χ1n) is 10.1. The Morgan fingerprint density at radius 1 is 1.04 bits per heavy atom. The van der Waals surface area contributed by atoms with Gasteiger partial charge in [0.2, 0.25) is 0 Å². The second kappa shape index (κ2) is 8.65. The fraction of sp³-hybridized carbons (Fsp3) is 0.435. The molecule has 1 amide bonds. The molecule has 2 heterocycles. The largest absolute Gasteiger partial charge is 0.497 e. The average molecular weight is 380 g/mol. The van der Waals surface area contributed by atoms with Crippen LogP contribution in [0.5, 0.6) is 5.75 Å². The molecule has 0 radical (unpaired) electrons. The Hall–Kier alpha value is -2.53. The van der Waals surface area contributed by atoms with Crippen LogP contribution in [0.25, 0.3) is 0 Å². The number of morpholine rings is 1. The summed E-state index contributed by atoms with van der Waals surface area (Å²) in [5, 5.41) is 0. The number of benzene rings is 2. The molecule has 0 aliphatic carbocycles. The molecule has 2 aliphatic heterocycles. The van der Waals surface area contributed by atoms with Crippen LogP contribution in [0, 0.1) is 0 Å². The van der Waals surface area contributed by atoms with Crippen LogP contribution < -0.4 is 9.64 Å². The third-order valence-electron chi connectivity index (χ3n) is 5.73. The van der Waals surface area contributed by atoms with Gasteiger partial charge in [-0.3, -0.25) is 4.79 Å². The number of ether oxygens (including phenoxy) is 2. The maximum Gasteiger partial charge on any atom is 0.256 e. The molecular formula is C23H28N2O3. The first-order valence-corrected chi connectivity index (χ1v) is 10.1. The molecule has 28 heavy (non-hydrogen) atoms. The van der Waals surface area contributed by atoms with Crippen LogP contribution >= 0.6 is 0 Å². The molecule has 0 spiro atoms. The van der Waals surface area contributed by atoms with Crippen molar-refractivity contribution in [1.82, 2.24) is 4.90 Å². The summed E-state index contributed by atoms with van der Waals surface area (Å²) >= 11 is 0. The second-order valence-corrected chi connectivity index (χ2v) is 7.40. The van der Waals surface area contributed by atoms with Crippen LogP contribution in [0.2, 0.25) is 0 Å². The van der Waals surface area contributed by atoms with E-state index in [0.717, 1.165) is 61.5 Å². The van der Waals surface area contributed by atoms with Crippen molar-refractivity contribution in [3.05, 3.63) is 59.7 Å². The molecule has 0 N–H and O–H groups in total. The predicted molar refractivity (Wildman–Crippen MR) is 110 cm³/mol. The van der Waals surface area contributed by atoms with Gasteiger partial charge in [-0.1, -0.05) is 24.3 Å². The number of amides is 1. The van der Waals surface area contributed by atoms with Crippen molar-refractivity contribution in [3.8, 4) is 5.75 Å². The first kappa shape index (κ1) is 18.8. The number of hydrogen-bond donors (Lipinski definition) is 0. The maximum absolute atomic E-state index is 13.6. The zero-order valence-corrected chi connectivity index (χ0v) is 16.5. The van der Waals surface area contributed by atoms with Gasteiger partial charge < -0.3 is 19.3 Å². The molecular weight excluding hydrogens is 352 g/mol. The van der Waals surface area contributed by atoms with Crippen molar-refractivity contribution in [3.63, 3.8) is 0 Å². The van der Waals surface area contributed by atoms with Crippen LogP contribution in [0.1, 0.15) is 41.2 Å². The number of carbonyl (C=O) groups excluding carboxylic acids is 1. The number of carbonyl (C=O) groups is 1. The number of rotatable bonds is 4. The Morgan fingerprint density at radius 2 is 1.86 bits per heavy atom. The lowest BCUT2D eigenvalue weighted by molar-refractivity contribution is 0.0611. The van der Waals surface area contributed by atoms with Crippen molar-refractivity contribution in [2.24, 2.45) is 0 Å². The van der Waals surface area contributed by atoms with Crippen LogP contribution in [0.4, 0.5) is 5.69 Å². The molecule has 2 aliphatic rings. The second-order valence-electron chi connectivity index (χ2n) is 7.40. The molecule has 2 fully saturated rings. The summed E-state index contributed by atoms with van der Waals surface area (Å²) in [6, 6.07) is 16.2. The highest BCUT2D eigenvalue weighted by atomic mass is 16.5. The Balaban J connectivity index is 1.64. The van der Waals surface area contributed by atoms with Gasteiger partial charge in [-0.25, -0.2) is 0 Å². The average Bonchev–Trinajstić information content (AvgIpc) is 2.79. The van der Waals surface area contributed by atoms with E-state index < -0.39 is 0 Å². The molecule has 5 nitrogen and oxygen atoms in total. The molecule has 2 aromatic carbocycles. The number of anilines is 1. The van der Waals surface area contributed by atoms with Gasteiger partial charge in [0, 0.05) is 25.3 Å². The van der Waals surface area contributed by atoms with Gasteiger partial charge in [0.1, 0.15) is 5.75 Å². The summed E-state index contributed by atoms with van der Waals surface area (Å²) in [6.07, 6.45) is 3.17. The zero-order valence-electron chi connectivity index (χ0n) is 16.5. The number of methoxy groups -OCH3 is 1. The van der Waals surface area contributed by atoms with E-state index in [4.69, 9.17) is 9.47 Å². The maximum atomic E-state index is 13.6. The van der Waals surface area contributed by atoms with E-state index in [2.05, 4.69) is 28.0 Å². The monoisotopic (exact) mass is 380 g/mol. The number of para-hydroxylation sites is 1. The van der Waals surface area contributed by atoms with E-state index in [0.29, 0.717) is 13.2 Å². The summed E-state index contributed by atoms with van der Waals surface area (Å²) < 4.78 is 10.9. The summed E-state index contributed by atoms with van der Waals surface area (Å²) in [7, 11) is 1.68. The summed E-state index contributed by atoms with van der Waals surface area (Å²) in [5.41, 5.74) is 2.96. The molecule has 1 unspecified atom stereocenters. The topological polar surface area (TPSA) is 42.0 Å². The predicted octanol–water partition coefficient (Wildman–Crippen LogP) is 3.90. The summed E-state index contributed by atoms with van der Waals surface area (Å²) in [6.45, 7) is 3.85. The van der Waals surface area contributed by atoms with Crippen LogP contribution in [-0.2, 0) is 4.74 Å². The molecule has 148 valence electrons. The molecule has 5 heteroatoms. The van der Waals surface area contributed by atoms with Crippen LogP contribution in [0.15, 0.2) is 48.5 Å².